The Kier molecular flexibility index (Phi) is 4.87. The first kappa shape index (κ1) is 19.2. The van der Waals surface area contributed by atoms with Crippen LogP contribution >= 0.6 is 0 Å². The third kappa shape index (κ3) is 3.75. The van der Waals surface area contributed by atoms with E-state index in [0.717, 1.165) is 29.0 Å². The number of aryl methyl sites for hydroxylation is 2. The number of ether oxygens (including phenoxy) is 1. The molecule has 1 aliphatic heterocycles. The minimum atomic E-state index is -1.03. The molecule has 0 aliphatic carbocycles. The van der Waals surface area contributed by atoms with Crippen LogP contribution in [0.25, 0.3) is 0 Å². The van der Waals surface area contributed by atoms with Crippen LogP contribution in [-0.2, 0) is 24.5 Å². The summed E-state index contributed by atoms with van der Waals surface area (Å²) in [5.74, 6) is -2.85. The standard InChI is InChI=1S/C21H18F3N3O2/c1-11-4-14-9-29-10-15(14)6-18(11)25-21-26-20(28)17(23)8-27(21)7-13-3-12(2)19(24)16(22)5-13/h3-6,8H,7,9-10H2,1-2H3,(H,25,26,28). The van der Waals surface area contributed by atoms with E-state index in [1.54, 1.807) is 0 Å². The monoisotopic (exact) mass is 401 g/mol. The summed E-state index contributed by atoms with van der Waals surface area (Å²) in [6, 6.07) is 6.39. The van der Waals surface area contributed by atoms with Crippen LogP contribution in [0.15, 0.2) is 35.3 Å². The van der Waals surface area contributed by atoms with Gasteiger partial charge in [-0.2, -0.15) is 9.37 Å². The fourth-order valence-electron chi connectivity index (χ4n) is 3.38. The number of halogens is 3. The van der Waals surface area contributed by atoms with Gasteiger partial charge >= 0.3 is 5.56 Å². The number of rotatable bonds is 4. The predicted octanol–water partition coefficient (Wildman–Crippen LogP) is 4.10. The Morgan fingerprint density at radius 1 is 1.03 bits per heavy atom. The Morgan fingerprint density at radius 2 is 1.76 bits per heavy atom. The van der Waals surface area contributed by atoms with Crippen LogP contribution in [0.2, 0.25) is 0 Å². The quantitative estimate of drug-likeness (QED) is 0.715. The van der Waals surface area contributed by atoms with Crippen molar-refractivity contribution in [3.63, 3.8) is 0 Å². The SMILES string of the molecule is Cc1cc2c(cc1Nc1nc(=O)c(F)cn1Cc1cc(C)c(F)c(F)c1)COC2. The average molecular weight is 401 g/mol. The van der Waals surface area contributed by atoms with E-state index in [1.807, 2.05) is 19.1 Å². The molecule has 8 heteroatoms. The third-order valence-corrected chi connectivity index (χ3v) is 4.88. The Labute approximate surface area is 164 Å². The maximum atomic E-state index is 13.9. The molecule has 0 atom stereocenters. The van der Waals surface area contributed by atoms with Gasteiger partial charge in [0.2, 0.25) is 11.8 Å². The van der Waals surface area contributed by atoms with Crippen molar-refractivity contribution in [3.05, 3.63) is 86.1 Å². The second kappa shape index (κ2) is 7.36. The molecule has 0 saturated carbocycles. The highest BCUT2D eigenvalue weighted by Crippen LogP contribution is 2.28. The van der Waals surface area contributed by atoms with Gasteiger partial charge in [-0.3, -0.25) is 4.79 Å². The second-order valence-electron chi connectivity index (χ2n) is 7.11. The van der Waals surface area contributed by atoms with Crippen molar-refractivity contribution >= 4 is 11.6 Å². The summed E-state index contributed by atoms with van der Waals surface area (Å²) in [6.45, 7) is 4.37. The van der Waals surface area contributed by atoms with E-state index in [4.69, 9.17) is 4.74 Å². The molecule has 29 heavy (non-hydrogen) atoms. The summed E-state index contributed by atoms with van der Waals surface area (Å²) in [5.41, 5.74) is 3.25. The molecule has 0 bridgehead atoms. The molecule has 0 saturated heterocycles. The molecular weight excluding hydrogens is 383 g/mol. The van der Waals surface area contributed by atoms with Gasteiger partial charge in [-0.25, -0.2) is 8.78 Å². The first-order chi connectivity index (χ1) is 13.8. The van der Waals surface area contributed by atoms with Gasteiger partial charge in [-0.1, -0.05) is 12.1 Å². The van der Waals surface area contributed by atoms with Gasteiger partial charge in [-0.05, 0) is 53.8 Å². The number of nitrogens with one attached hydrogen (secondary N) is 1. The largest absolute Gasteiger partial charge is 0.372 e. The van der Waals surface area contributed by atoms with Crippen LogP contribution in [0.4, 0.5) is 24.8 Å². The zero-order valence-electron chi connectivity index (χ0n) is 15.9. The van der Waals surface area contributed by atoms with E-state index in [0.29, 0.717) is 24.5 Å². The van der Waals surface area contributed by atoms with Gasteiger partial charge < -0.3 is 14.6 Å². The van der Waals surface area contributed by atoms with Crippen LogP contribution in [0.1, 0.15) is 27.8 Å². The van der Waals surface area contributed by atoms with Crippen LogP contribution < -0.4 is 10.9 Å². The lowest BCUT2D eigenvalue weighted by molar-refractivity contribution is 0.134. The number of hydrogen-bond donors (Lipinski definition) is 1. The number of aromatic nitrogens is 2. The van der Waals surface area contributed by atoms with Crippen LogP contribution in [0, 0.1) is 31.3 Å². The maximum absolute atomic E-state index is 13.9. The fraction of sp³-hybridized carbons (Fsp3) is 0.238. The first-order valence-electron chi connectivity index (χ1n) is 9.00. The molecule has 1 aromatic heterocycles. The number of anilines is 2. The average Bonchev–Trinajstić information content (AvgIpc) is 3.11. The zero-order chi connectivity index (χ0) is 20.7. The Hall–Kier alpha value is -3.13. The molecule has 5 nitrogen and oxygen atoms in total. The van der Waals surface area contributed by atoms with Gasteiger partial charge in [0.25, 0.3) is 0 Å². The van der Waals surface area contributed by atoms with E-state index >= 15 is 0 Å². The van der Waals surface area contributed by atoms with E-state index in [1.165, 1.54) is 17.6 Å². The molecule has 0 unspecified atom stereocenters. The Morgan fingerprint density at radius 3 is 2.48 bits per heavy atom. The highest BCUT2D eigenvalue weighted by Gasteiger charge is 2.16. The molecule has 0 amide bonds. The third-order valence-electron chi connectivity index (χ3n) is 4.88. The minimum absolute atomic E-state index is 0.00231. The van der Waals surface area contributed by atoms with E-state index < -0.39 is 23.0 Å². The van der Waals surface area contributed by atoms with E-state index in [2.05, 4.69) is 10.3 Å². The molecule has 1 N–H and O–H groups in total. The highest BCUT2D eigenvalue weighted by molar-refractivity contribution is 5.61. The van der Waals surface area contributed by atoms with Crippen molar-refractivity contribution in [2.45, 2.75) is 33.6 Å². The van der Waals surface area contributed by atoms with Crippen molar-refractivity contribution in [2.24, 2.45) is 0 Å². The van der Waals surface area contributed by atoms with Gasteiger partial charge in [0.05, 0.1) is 19.8 Å². The van der Waals surface area contributed by atoms with Crippen molar-refractivity contribution in [1.29, 1.82) is 0 Å². The Balaban J connectivity index is 1.73. The molecule has 4 rings (SSSR count). The number of hydrogen-bond acceptors (Lipinski definition) is 4. The number of nitrogens with zero attached hydrogens (tertiary/aromatic N) is 2. The highest BCUT2D eigenvalue weighted by atomic mass is 19.2. The van der Waals surface area contributed by atoms with Crippen molar-refractivity contribution in [1.82, 2.24) is 9.55 Å². The van der Waals surface area contributed by atoms with Gasteiger partial charge in [0.1, 0.15) is 0 Å². The molecular formula is C21H18F3N3O2. The maximum Gasteiger partial charge on any atom is 0.310 e. The summed E-state index contributed by atoms with van der Waals surface area (Å²) >= 11 is 0. The molecule has 3 aromatic rings. The van der Waals surface area contributed by atoms with Gasteiger partial charge in [-0.15, -0.1) is 0 Å². The topological polar surface area (TPSA) is 56.2 Å². The summed E-state index contributed by atoms with van der Waals surface area (Å²) in [6.07, 6.45) is 1.00. The smallest absolute Gasteiger partial charge is 0.310 e. The fourth-order valence-corrected chi connectivity index (χ4v) is 3.38. The molecule has 150 valence electrons. The molecule has 2 heterocycles. The summed E-state index contributed by atoms with van der Waals surface area (Å²) in [4.78, 5) is 15.6. The van der Waals surface area contributed by atoms with Crippen molar-refractivity contribution in [3.8, 4) is 0 Å². The minimum Gasteiger partial charge on any atom is -0.372 e. The summed E-state index contributed by atoms with van der Waals surface area (Å²) in [5, 5.41) is 3.06. The number of benzene rings is 2. The number of fused-ring (bicyclic) bond motifs is 1. The molecule has 0 radical (unpaired) electrons. The van der Waals surface area contributed by atoms with Crippen molar-refractivity contribution in [2.75, 3.05) is 5.32 Å². The van der Waals surface area contributed by atoms with E-state index in [-0.39, 0.29) is 18.1 Å². The Bertz CT molecular complexity index is 1150. The first-order valence-corrected chi connectivity index (χ1v) is 9.00. The zero-order valence-corrected chi connectivity index (χ0v) is 15.9. The second-order valence-corrected chi connectivity index (χ2v) is 7.11. The van der Waals surface area contributed by atoms with Crippen LogP contribution in [0.3, 0.4) is 0 Å². The molecule has 2 aromatic carbocycles. The lowest BCUT2D eigenvalue weighted by Crippen LogP contribution is -2.20. The summed E-state index contributed by atoms with van der Waals surface area (Å²) < 4.78 is 48.0. The molecule has 0 fully saturated rings. The normalized spacial score (nSPS) is 12.9. The lowest BCUT2D eigenvalue weighted by Gasteiger charge is -2.16. The van der Waals surface area contributed by atoms with E-state index in [9.17, 15) is 18.0 Å². The predicted molar refractivity (Wildman–Crippen MR) is 102 cm³/mol. The van der Waals surface area contributed by atoms with Gasteiger partial charge in [0, 0.05) is 11.9 Å². The summed E-state index contributed by atoms with van der Waals surface area (Å²) in [7, 11) is 0. The van der Waals surface area contributed by atoms with Crippen molar-refractivity contribution < 1.29 is 17.9 Å². The lowest BCUT2D eigenvalue weighted by atomic mass is 10.1. The van der Waals surface area contributed by atoms with Gasteiger partial charge in [0.15, 0.2) is 11.6 Å². The van der Waals surface area contributed by atoms with Crippen LogP contribution in [0.5, 0.6) is 0 Å². The molecule has 1 aliphatic rings. The molecule has 0 spiro atoms. The van der Waals surface area contributed by atoms with Crippen LogP contribution in [-0.4, -0.2) is 9.55 Å².